The first-order chi connectivity index (χ1) is 19.6. The summed E-state index contributed by atoms with van der Waals surface area (Å²) in [5, 5.41) is 2.22. The minimum absolute atomic E-state index is 0.826. The highest BCUT2D eigenvalue weighted by Gasteiger charge is 2.20. The highest BCUT2D eigenvalue weighted by molar-refractivity contribution is 6.12. The van der Waals surface area contributed by atoms with Crippen molar-refractivity contribution in [1.29, 1.82) is 0 Å². The number of terminal acetylenes is 1. The molecule has 40 heavy (non-hydrogen) atoms. The molecule has 1 heteroatoms. The normalized spacial score (nSPS) is 11.5. The minimum Gasteiger partial charge on any atom is -0.256 e. The predicted molar refractivity (Wildman–Crippen MR) is 178 cm³/mol. The Labute approximate surface area is 238 Å². The zero-order valence-corrected chi connectivity index (χ0v) is 23.1. The molecule has 0 fully saturated rings. The third-order valence-corrected chi connectivity index (χ3v) is 7.18. The monoisotopic (exact) mass is 515 g/mol. The molecule has 4 rings (SSSR count). The van der Waals surface area contributed by atoms with Crippen molar-refractivity contribution in [2.75, 3.05) is 0 Å². The number of hydrogen-bond acceptors (Lipinski definition) is 1. The van der Waals surface area contributed by atoms with Gasteiger partial charge in [0.25, 0.3) is 0 Å². The molecule has 0 N–H and O–H groups in total. The summed E-state index contributed by atoms with van der Waals surface area (Å²) in [6.07, 6.45) is 21.3. The topological polar surface area (TPSA) is 12.9 Å². The lowest BCUT2D eigenvalue weighted by atomic mass is 9.82. The molecule has 0 unspecified atom stereocenters. The second kappa shape index (κ2) is 12.6. The highest BCUT2D eigenvalue weighted by atomic mass is 14.7. The van der Waals surface area contributed by atoms with E-state index in [4.69, 9.17) is 11.4 Å². The van der Waals surface area contributed by atoms with E-state index in [1.807, 2.05) is 48.7 Å². The summed E-state index contributed by atoms with van der Waals surface area (Å²) < 4.78 is 0. The van der Waals surface area contributed by atoms with Gasteiger partial charge in [-0.1, -0.05) is 125 Å². The van der Waals surface area contributed by atoms with Crippen LogP contribution in [0.1, 0.15) is 41.3 Å². The maximum Gasteiger partial charge on any atom is 0.0705 e. The highest BCUT2D eigenvalue weighted by Crippen LogP contribution is 2.44. The summed E-state index contributed by atoms with van der Waals surface area (Å²) in [7, 11) is 0. The van der Waals surface area contributed by atoms with Crippen molar-refractivity contribution in [2.24, 2.45) is 0 Å². The summed E-state index contributed by atoms with van der Waals surface area (Å²) in [4.78, 5) is 4.88. The molecule has 4 aromatic rings. The Morgan fingerprint density at radius 1 is 0.800 bits per heavy atom. The van der Waals surface area contributed by atoms with E-state index in [9.17, 15) is 0 Å². The van der Waals surface area contributed by atoms with Crippen LogP contribution in [0.3, 0.4) is 0 Å². The fourth-order valence-electron chi connectivity index (χ4n) is 5.34. The fourth-order valence-corrected chi connectivity index (χ4v) is 5.34. The van der Waals surface area contributed by atoms with Crippen molar-refractivity contribution in [3.8, 4) is 34.6 Å². The van der Waals surface area contributed by atoms with Crippen LogP contribution in [0.15, 0.2) is 117 Å². The van der Waals surface area contributed by atoms with Crippen molar-refractivity contribution >= 4 is 40.6 Å². The van der Waals surface area contributed by atoms with Gasteiger partial charge in [0.2, 0.25) is 0 Å². The van der Waals surface area contributed by atoms with Gasteiger partial charge in [0.15, 0.2) is 0 Å². The van der Waals surface area contributed by atoms with E-state index in [1.165, 1.54) is 0 Å². The molecule has 0 radical (unpaired) electrons. The van der Waals surface area contributed by atoms with Gasteiger partial charge in [0, 0.05) is 17.3 Å². The third kappa shape index (κ3) is 4.96. The SMILES string of the molecule is C#C/C=C\C(=C(\C=C)CC)c1ccc(-c2c(C=C)c(C=C)c(-c3cccc(C=C)c3C=C)c3ccccc23)cn1. The van der Waals surface area contributed by atoms with Crippen molar-refractivity contribution < 1.29 is 0 Å². The molecular formula is C39H33N. The predicted octanol–water partition coefficient (Wildman–Crippen LogP) is 10.7. The Kier molecular flexibility index (Phi) is 8.75. The van der Waals surface area contributed by atoms with Crippen molar-refractivity contribution in [3.63, 3.8) is 0 Å². The Hall–Kier alpha value is -5.19. The summed E-state index contributed by atoms with van der Waals surface area (Å²) in [5.41, 5.74) is 11.2. The molecule has 0 spiro atoms. The minimum atomic E-state index is 0.826. The molecule has 0 atom stereocenters. The van der Waals surface area contributed by atoms with Crippen molar-refractivity contribution in [1.82, 2.24) is 4.98 Å². The molecule has 0 amide bonds. The van der Waals surface area contributed by atoms with Gasteiger partial charge in [0.05, 0.1) is 5.69 Å². The van der Waals surface area contributed by atoms with Crippen molar-refractivity contribution in [3.05, 3.63) is 145 Å². The molecule has 1 aromatic heterocycles. The Morgan fingerprint density at radius 2 is 1.48 bits per heavy atom. The zero-order chi connectivity index (χ0) is 28.6. The van der Waals surface area contributed by atoms with Gasteiger partial charge in [-0.25, -0.2) is 0 Å². The van der Waals surface area contributed by atoms with E-state index in [2.05, 4.69) is 94.3 Å². The van der Waals surface area contributed by atoms with Gasteiger partial charge >= 0.3 is 0 Å². The molecule has 3 aromatic carbocycles. The average Bonchev–Trinajstić information content (AvgIpc) is 3.01. The molecule has 0 aliphatic heterocycles. The van der Waals surface area contributed by atoms with Gasteiger partial charge in [-0.3, -0.25) is 4.98 Å². The van der Waals surface area contributed by atoms with Crippen LogP contribution in [0, 0.1) is 12.3 Å². The Bertz CT molecular complexity index is 1750. The Balaban J connectivity index is 2.06. The van der Waals surface area contributed by atoms with Crippen LogP contribution >= 0.6 is 0 Å². The molecule has 1 heterocycles. The van der Waals surface area contributed by atoms with Gasteiger partial charge in [0.1, 0.15) is 0 Å². The van der Waals surface area contributed by atoms with Crippen LogP contribution in [0.5, 0.6) is 0 Å². The molecular weight excluding hydrogens is 482 g/mol. The number of rotatable bonds is 10. The number of nitrogens with zero attached hydrogens (tertiary/aromatic N) is 1. The number of allylic oxidation sites excluding steroid dienone is 5. The molecule has 0 saturated heterocycles. The van der Waals surface area contributed by atoms with Gasteiger partial charge < -0.3 is 0 Å². The van der Waals surface area contributed by atoms with Crippen LogP contribution in [0.2, 0.25) is 0 Å². The first kappa shape index (κ1) is 27.8. The maximum atomic E-state index is 5.51. The molecule has 0 aliphatic rings. The van der Waals surface area contributed by atoms with Crippen molar-refractivity contribution in [2.45, 2.75) is 13.3 Å². The van der Waals surface area contributed by atoms with E-state index in [0.717, 1.165) is 78.5 Å². The smallest absolute Gasteiger partial charge is 0.0705 e. The Morgan fingerprint density at radius 3 is 2.02 bits per heavy atom. The van der Waals surface area contributed by atoms with Crippen LogP contribution in [-0.2, 0) is 0 Å². The fraction of sp³-hybridized carbons (Fsp3) is 0.0513. The second-order valence-corrected chi connectivity index (χ2v) is 9.18. The molecule has 0 aliphatic carbocycles. The maximum absolute atomic E-state index is 5.51. The van der Waals surface area contributed by atoms with Crippen LogP contribution in [0.25, 0.3) is 62.9 Å². The van der Waals surface area contributed by atoms with Crippen LogP contribution in [0.4, 0.5) is 0 Å². The lowest BCUT2D eigenvalue weighted by molar-refractivity contribution is 1.15. The van der Waals surface area contributed by atoms with Crippen LogP contribution < -0.4 is 0 Å². The van der Waals surface area contributed by atoms with E-state index in [0.29, 0.717) is 0 Å². The number of benzene rings is 3. The molecule has 1 nitrogen and oxygen atoms in total. The summed E-state index contributed by atoms with van der Waals surface area (Å²) in [6, 6.07) is 18.8. The quantitative estimate of drug-likeness (QED) is 0.151. The van der Waals surface area contributed by atoms with Gasteiger partial charge in [-0.05, 0) is 79.9 Å². The summed E-state index contributed by atoms with van der Waals surface area (Å²) >= 11 is 0. The summed E-state index contributed by atoms with van der Waals surface area (Å²) in [5.74, 6) is 2.58. The molecule has 0 saturated carbocycles. The number of aromatic nitrogens is 1. The molecule has 0 bridgehead atoms. The molecule has 194 valence electrons. The van der Waals surface area contributed by atoms with Crippen LogP contribution in [-0.4, -0.2) is 4.98 Å². The van der Waals surface area contributed by atoms with Gasteiger partial charge in [-0.2, -0.15) is 0 Å². The number of fused-ring (bicyclic) bond motifs is 1. The third-order valence-electron chi connectivity index (χ3n) is 7.18. The largest absolute Gasteiger partial charge is 0.256 e. The standard InChI is InChI=1S/C39H33N/c1-8-15-20-33(27(9-2)10-3)37-25-24-29(26-40-37)38-31(13-6)32(14-7)39(36-22-17-16-21-35(36)38)34-23-18-19-28(11-4)30(34)12-5/h1,9,11-26H,2,4-7,10H2,3H3/b20-15-,33-27+. The lowest BCUT2D eigenvalue weighted by Crippen LogP contribution is -1.99. The first-order valence-corrected chi connectivity index (χ1v) is 13.2. The van der Waals surface area contributed by atoms with E-state index in [-0.39, 0.29) is 0 Å². The van der Waals surface area contributed by atoms with E-state index >= 15 is 0 Å². The lowest BCUT2D eigenvalue weighted by Gasteiger charge is -2.21. The second-order valence-electron chi connectivity index (χ2n) is 9.18. The zero-order valence-electron chi connectivity index (χ0n) is 23.1. The van der Waals surface area contributed by atoms with E-state index in [1.54, 1.807) is 6.08 Å². The van der Waals surface area contributed by atoms with Gasteiger partial charge in [-0.15, -0.1) is 6.42 Å². The number of pyridine rings is 1. The first-order valence-electron chi connectivity index (χ1n) is 13.2. The average molecular weight is 516 g/mol. The number of hydrogen-bond donors (Lipinski definition) is 0. The van der Waals surface area contributed by atoms with E-state index < -0.39 is 0 Å². The summed E-state index contributed by atoms with van der Waals surface area (Å²) in [6.45, 7) is 22.6.